The molecule has 2 fully saturated rings. The van der Waals surface area contributed by atoms with Gasteiger partial charge in [-0.2, -0.15) is 0 Å². The van der Waals surface area contributed by atoms with Crippen molar-refractivity contribution in [3.63, 3.8) is 0 Å². The van der Waals surface area contributed by atoms with Gasteiger partial charge in [0.05, 0.1) is 0 Å². The summed E-state index contributed by atoms with van der Waals surface area (Å²) in [5.74, 6) is 0.0376. The van der Waals surface area contributed by atoms with Gasteiger partial charge in [0.25, 0.3) is 0 Å². The van der Waals surface area contributed by atoms with E-state index in [9.17, 15) is 9.59 Å². The Labute approximate surface area is 114 Å². The van der Waals surface area contributed by atoms with Crippen molar-refractivity contribution in [1.29, 1.82) is 0 Å². The largest absolute Gasteiger partial charge is 0.344 e. The maximum absolute atomic E-state index is 12.3. The Kier molecular flexibility index (Phi) is 5.41. The smallest absolute Gasteiger partial charge is 0.245 e. The third kappa shape index (κ3) is 3.14. The van der Waals surface area contributed by atoms with Crippen LogP contribution in [0.3, 0.4) is 0 Å². The zero-order valence-electron chi connectivity index (χ0n) is 10.7. The van der Waals surface area contributed by atoms with E-state index in [0.29, 0.717) is 12.8 Å². The van der Waals surface area contributed by atoms with Crippen molar-refractivity contribution < 1.29 is 9.59 Å². The van der Waals surface area contributed by atoms with Crippen LogP contribution in [-0.4, -0.2) is 41.4 Å². The van der Waals surface area contributed by atoms with Gasteiger partial charge in [0.1, 0.15) is 6.04 Å². The van der Waals surface area contributed by atoms with Gasteiger partial charge < -0.3 is 16.0 Å². The van der Waals surface area contributed by atoms with Crippen LogP contribution in [0.2, 0.25) is 0 Å². The summed E-state index contributed by atoms with van der Waals surface area (Å²) < 4.78 is 0. The van der Waals surface area contributed by atoms with Gasteiger partial charge in [0.2, 0.25) is 11.8 Å². The first-order chi connectivity index (χ1) is 8.09. The molecule has 5 nitrogen and oxygen atoms in total. The minimum atomic E-state index is -0.318. The topological polar surface area (TPSA) is 75.4 Å². The fourth-order valence-corrected chi connectivity index (χ4v) is 2.78. The number of nitrogens with two attached hydrogens (primary N) is 1. The Hall–Kier alpha value is -0.810. The lowest BCUT2D eigenvalue weighted by molar-refractivity contribution is -0.138. The maximum atomic E-state index is 12.3. The summed E-state index contributed by atoms with van der Waals surface area (Å²) in [4.78, 5) is 25.3. The van der Waals surface area contributed by atoms with Crippen molar-refractivity contribution in [1.82, 2.24) is 10.2 Å². The van der Waals surface area contributed by atoms with E-state index in [2.05, 4.69) is 5.32 Å². The molecule has 2 rings (SSSR count). The Morgan fingerprint density at radius 3 is 2.72 bits per heavy atom. The highest BCUT2D eigenvalue weighted by molar-refractivity contribution is 5.91. The van der Waals surface area contributed by atoms with Crippen LogP contribution in [0.5, 0.6) is 0 Å². The van der Waals surface area contributed by atoms with E-state index in [1.165, 1.54) is 0 Å². The molecule has 0 aliphatic carbocycles. The molecule has 0 saturated carbocycles. The van der Waals surface area contributed by atoms with Crippen LogP contribution < -0.4 is 11.1 Å². The van der Waals surface area contributed by atoms with Crippen molar-refractivity contribution in [2.24, 2.45) is 5.73 Å². The molecule has 0 aromatic heterocycles. The van der Waals surface area contributed by atoms with Gasteiger partial charge in [-0.05, 0) is 32.6 Å². The van der Waals surface area contributed by atoms with Crippen molar-refractivity contribution >= 4 is 24.2 Å². The molecule has 2 amide bonds. The summed E-state index contributed by atoms with van der Waals surface area (Å²) in [5.41, 5.74) is 5.94. The number of hydrogen-bond donors (Lipinski definition) is 2. The van der Waals surface area contributed by atoms with Gasteiger partial charge in [0, 0.05) is 25.0 Å². The van der Waals surface area contributed by atoms with E-state index in [0.717, 1.165) is 25.8 Å². The Morgan fingerprint density at radius 2 is 2.17 bits per heavy atom. The highest BCUT2D eigenvalue weighted by atomic mass is 35.5. The molecule has 2 unspecified atom stereocenters. The molecule has 2 heterocycles. The molecule has 0 aromatic carbocycles. The van der Waals surface area contributed by atoms with E-state index in [4.69, 9.17) is 5.73 Å². The van der Waals surface area contributed by atoms with Gasteiger partial charge in [-0.3, -0.25) is 9.59 Å². The number of carbonyl (C=O) groups is 2. The summed E-state index contributed by atoms with van der Waals surface area (Å²) in [5, 5.41) is 2.74. The molecular weight excluding hydrogens is 254 g/mol. The molecule has 104 valence electrons. The van der Waals surface area contributed by atoms with Crippen LogP contribution in [0.15, 0.2) is 0 Å². The molecule has 2 aliphatic heterocycles. The van der Waals surface area contributed by atoms with Crippen molar-refractivity contribution in [2.45, 2.75) is 57.2 Å². The summed E-state index contributed by atoms with van der Waals surface area (Å²) in [6.45, 7) is 2.72. The zero-order chi connectivity index (χ0) is 12.4. The van der Waals surface area contributed by atoms with Gasteiger partial charge in [-0.15, -0.1) is 12.4 Å². The molecule has 18 heavy (non-hydrogen) atoms. The number of likely N-dealkylation sites (tertiary alicyclic amines) is 1. The summed E-state index contributed by atoms with van der Waals surface area (Å²) in [6, 6.07) is -0.188. The number of rotatable bonds is 2. The van der Waals surface area contributed by atoms with E-state index >= 15 is 0 Å². The van der Waals surface area contributed by atoms with Crippen LogP contribution in [0.4, 0.5) is 0 Å². The summed E-state index contributed by atoms with van der Waals surface area (Å²) in [6.07, 6.45) is 4.24. The van der Waals surface area contributed by atoms with Crippen molar-refractivity contribution in [3.05, 3.63) is 0 Å². The average Bonchev–Trinajstić information content (AvgIpc) is 2.75. The van der Waals surface area contributed by atoms with Crippen LogP contribution in [0, 0.1) is 0 Å². The highest BCUT2D eigenvalue weighted by Gasteiger charge is 2.36. The summed E-state index contributed by atoms with van der Waals surface area (Å²) in [7, 11) is 0. The number of nitrogens with zero attached hydrogens (tertiary/aromatic N) is 1. The van der Waals surface area contributed by atoms with E-state index in [1.54, 1.807) is 0 Å². The number of piperidine rings is 1. The van der Waals surface area contributed by atoms with Crippen LogP contribution in [-0.2, 0) is 9.59 Å². The van der Waals surface area contributed by atoms with Gasteiger partial charge in [0.15, 0.2) is 0 Å². The van der Waals surface area contributed by atoms with Crippen molar-refractivity contribution in [2.75, 3.05) is 6.54 Å². The SMILES string of the molecule is CC(N)C1CCCCN1C(=O)[C@@H]1CCC(=O)N1.Cl. The lowest BCUT2D eigenvalue weighted by Gasteiger charge is -2.39. The molecular formula is C12H22ClN3O2. The normalized spacial score (nSPS) is 29.4. The van der Waals surface area contributed by atoms with E-state index in [1.807, 2.05) is 11.8 Å². The molecule has 0 radical (unpaired) electrons. The third-order valence-electron chi connectivity index (χ3n) is 3.73. The highest BCUT2D eigenvalue weighted by Crippen LogP contribution is 2.21. The second kappa shape index (κ2) is 6.38. The predicted octanol–water partition coefficient (Wildman–Crippen LogP) is 0.415. The first-order valence-electron chi connectivity index (χ1n) is 6.45. The summed E-state index contributed by atoms with van der Waals surface area (Å²) >= 11 is 0. The fraction of sp³-hybridized carbons (Fsp3) is 0.833. The standard InChI is InChI=1S/C12H21N3O2.ClH/c1-8(13)10-4-2-3-7-15(10)12(17)9-5-6-11(16)14-9;/h8-10H,2-7,13H2,1H3,(H,14,16);1H/t8?,9-,10?;/m0./s1. The first-order valence-corrected chi connectivity index (χ1v) is 6.45. The first kappa shape index (κ1) is 15.2. The quantitative estimate of drug-likeness (QED) is 0.767. The Morgan fingerprint density at radius 1 is 1.44 bits per heavy atom. The van der Waals surface area contributed by atoms with Gasteiger partial charge >= 0.3 is 0 Å². The molecule has 2 saturated heterocycles. The minimum absolute atomic E-state index is 0. The molecule has 0 bridgehead atoms. The lowest BCUT2D eigenvalue weighted by Crippen LogP contribution is -2.56. The molecule has 6 heteroatoms. The number of amides is 2. The Bertz CT molecular complexity index is 322. The van der Waals surface area contributed by atoms with Gasteiger partial charge in [-0.1, -0.05) is 0 Å². The molecule has 0 spiro atoms. The predicted molar refractivity (Wildman–Crippen MR) is 71.4 cm³/mol. The minimum Gasteiger partial charge on any atom is -0.344 e. The monoisotopic (exact) mass is 275 g/mol. The number of hydrogen-bond acceptors (Lipinski definition) is 3. The zero-order valence-corrected chi connectivity index (χ0v) is 11.5. The molecule has 3 atom stereocenters. The van der Waals surface area contributed by atoms with Crippen molar-refractivity contribution in [3.8, 4) is 0 Å². The average molecular weight is 276 g/mol. The van der Waals surface area contributed by atoms with E-state index < -0.39 is 0 Å². The second-order valence-corrected chi connectivity index (χ2v) is 5.11. The maximum Gasteiger partial charge on any atom is 0.245 e. The van der Waals surface area contributed by atoms with E-state index in [-0.39, 0.29) is 42.3 Å². The Balaban J connectivity index is 0.00000162. The number of halogens is 1. The number of carbonyl (C=O) groups excluding carboxylic acids is 2. The van der Waals surface area contributed by atoms with Gasteiger partial charge in [-0.25, -0.2) is 0 Å². The fourth-order valence-electron chi connectivity index (χ4n) is 2.78. The third-order valence-corrected chi connectivity index (χ3v) is 3.73. The molecule has 3 N–H and O–H groups in total. The number of nitrogens with one attached hydrogen (secondary N) is 1. The van der Waals surface area contributed by atoms with Crippen LogP contribution in [0.1, 0.15) is 39.0 Å². The molecule has 0 aromatic rings. The lowest BCUT2D eigenvalue weighted by atomic mass is 9.96. The van der Waals surface area contributed by atoms with Crippen LogP contribution >= 0.6 is 12.4 Å². The molecule has 2 aliphatic rings. The van der Waals surface area contributed by atoms with Crippen LogP contribution in [0.25, 0.3) is 0 Å². The second-order valence-electron chi connectivity index (χ2n) is 5.11.